The van der Waals surface area contributed by atoms with Crippen molar-refractivity contribution in [2.24, 2.45) is 0 Å². The molecule has 5 amide bonds. The van der Waals surface area contributed by atoms with Crippen molar-refractivity contribution in [3.05, 3.63) is 150 Å². The standard InChI is InChI=1S/C46H47N5O10/c52-34-20-18-31(19-21-34)26-39(46(60)61)51-44(58)36(22-23-42(55)56)48-41(54)28-47-43(57)37(24-29-10-3-1-4-11-29)50-45(59)38(25-30-12-5-2-6-13-30)49-40(53)27-33-16-9-15-32-14-7-8-17-35(32)33/h1-21,36-39,52H,22-28H2,(H,47,57)(H,48,54)(H,49,53)(H,50,59)(H,51,58)(H,55,56)(H,60,61)/t36-,37-,38-,39-/m0/s1. The average Bonchev–Trinajstić information content (AvgIpc) is 3.25. The number of benzene rings is 5. The van der Waals surface area contributed by atoms with Gasteiger partial charge in [0, 0.05) is 25.7 Å². The van der Waals surface area contributed by atoms with Gasteiger partial charge in [-0.3, -0.25) is 28.8 Å². The van der Waals surface area contributed by atoms with Gasteiger partial charge in [-0.25, -0.2) is 4.79 Å². The lowest BCUT2D eigenvalue weighted by molar-refractivity contribution is -0.143. The van der Waals surface area contributed by atoms with Crippen LogP contribution in [-0.2, 0) is 59.2 Å². The Kier molecular flexibility index (Phi) is 16.1. The van der Waals surface area contributed by atoms with Crippen LogP contribution < -0.4 is 26.6 Å². The molecule has 5 aromatic carbocycles. The Hall–Kier alpha value is -7.55. The first-order chi connectivity index (χ1) is 29.3. The fraction of sp³-hybridized carbons (Fsp3) is 0.239. The van der Waals surface area contributed by atoms with Gasteiger partial charge in [-0.1, -0.05) is 115 Å². The molecule has 0 aromatic heterocycles. The number of hydrogen-bond acceptors (Lipinski definition) is 8. The van der Waals surface area contributed by atoms with E-state index >= 15 is 0 Å². The molecule has 15 heteroatoms. The molecule has 0 fully saturated rings. The number of phenolic OH excluding ortho intramolecular Hbond substituents is 1. The van der Waals surface area contributed by atoms with Crippen molar-refractivity contribution >= 4 is 52.2 Å². The minimum atomic E-state index is -1.49. The molecule has 0 saturated heterocycles. The second-order valence-electron chi connectivity index (χ2n) is 14.4. The predicted molar refractivity (Wildman–Crippen MR) is 225 cm³/mol. The molecule has 15 nitrogen and oxygen atoms in total. The molecule has 61 heavy (non-hydrogen) atoms. The van der Waals surface area contributed by atoms with Gasteiger partial charge in [0.05, 0.1) is 13.0 Å². The molecule has 8 N–H and O–H groups in total. The van der Waals surface area contributed by atoms with Crippen LogP contribution in [-0.4, -0.2) is 87.5 Å². The molecule has 5 aromatic rings. The van der Waals surface area contributed by atoms with E-state index in [1.807, 2.05) is 60.7 Å². The predicted octanol–water partition coefficient (Wildman–Crippen LogP) is 2.82. The van der Waals surface area contributed by atoms with Crippen molar-refractivity contribution in [2.75, 3.05) is 6.54 Å². The van der Waals surface area contributed by atoms with Gasteiger partial charge in [0.25, 0.3) is 0 Å². The van der Waals surface area contributed by atoms with Crippen molar-refractivity contribution in [1.82, 2.24) is 26.6 Å². The van der Waals surface area contributed by atoms with E-state index in [-0.39, 0.29) is 31.4 Å². The average molecular weight is 830 g/mol. The van der Waals surface area contributed by atoms with Crippen LogP contribution in [0.3, 0.4) is 0 Å². The minimum Gasteiger partial charge on any atom is -0.508 e. The highest BCUT2D eigenvalue weighted by atomic mass is 16.4. The first-order valence-electron chi connectivity index (χ1n) is 19.6. The summed E-state index contributed by atoms with van der Waals surface area (Å²) >= 11 is 0. The summed E-state index contributed by atoms with van der Waals surface area (Å²) in [6.45, 7) is -0.693. The molecular formula is C46H47N5O10. The first kappa shape index (κ1) is 44.6. The zero-order valence-electron chi connectivity index (χ0n) is 33.1. The van der Waals surface area contributed by atoms with E-state index in [2.05, 4.69) is 26.6 Å². The summed E-state index contributed by atoms with van der Waals surface area (Å²) in [7, 11) is 0. The Morgan fingerprint density at radius 1 is 0.492 bits per heavy atom. The van der Waals surface area contributed by atoms with Crippen LogP contribution >= 0.6 is 0 Å². The molecular weight excluding hydrogens is 783 g/mol. The monoisotopic (exact) mass is 829 g/mol. The third-order valence-electron chi connectivity index (χ3n) is 9.79. The number of carbonyl (C=O) groups excluding carboxylic acids is 5. The van der Waals surface area contributed by atoms with Crippen molar-refractivity contribution in [3.8, 4) is 5.75 Å². The van der Waals surface area contributed by atoms with Crippen LogP contribution in [0.15, 0.2) is 127 Å². The van der Waals surface area contributed by atoms with E-state index in [1.54, 1.807) is 42.5 Å². The normalized spacial score (nSPS) is 12.8. The second-order valence-corrected chi connectivity index (χ2v) is 14.4. The molecule has 0 radical (unpaired) electrons. The van der Waals surface area contributed by atoms with Crippen LogP contribution in [0, 0.1) is 0 Å². The number of nitrogens with one attached hydrogen (secondary N) is 5. The summed E-state index contributed by atoms with van der Waals surface area (Å²) in [6, 6.07) is 31.5. The lowest BCUT2D eigenvalue weighted by atomic mass is 10.0. The quantitative estimate of drug-likeness (QED) is 0.0538. The van der Waals surface area contributed by atoms with Crippen molar-refractivity contribution < 1.29 is 48.9 Å². The Bertz CT molecular complexity index is 2320. The summed E-state index contributed by atoms with van der Waals surface area (Å²) in [6.07, 6.45) is -1.02. The minimum absolute atomic E-state index is 0.00326. The Morgan fingerprint density at radius 3 is 1.62 bits per heavy atom. The molecule has 0 aliphatic carbocycles. The summed E-state index contributed by atoms with van der Waals surface area (Å²) in [5, 5.41) is 43.3. The molecule has 0 spiro atoms. The molecule has 316 valence electrons. The summed E-state index contributed by atoms with van der Waals surface area (Å²) < 4.78 is 0. The zero-order valence-corrected chi connectivity index (χ0v) is 33.1. The zero-order chi connectivity index (χ0) is 43.7. The van der Waals surface area contributed by atoms with Gasteiger partial charge in [0.1, 0.15) is 29.9 Å². The Labute approximate surface area is 351 Å². The number of carbonyl (C=O) groups is 7. The third kappa shape index (κ3) is 14.1. The van der Waals surface area contributed by atoms with Gasteiger partial charge in [0.2, 0.25) is 29.5 Å². The first-order valence-corrected chi connectivity index (χ1v) is 19.6. The summed E-state index contributed by atoms with van der Waals surface area (Å²) in [5.74, 6) is -6.38. The van der Waals surface area contributed by atoms with Crippen molar-refractivity contribution in [3.63, 3.8) is 0 Å². The number of aromatic hydroxyl groups is 1. The van der Waals surface area contributed by atoms with E-state index in [0.717, 1.165) is 21.9 Å². The van der Waals surface area contributed by atoms with E-state index in [9.17, 15) is 48.9 Å². The molecule has 0 aliphatic rings. The van der Waals surface area contributed by atoms with E-state index in [0.29, 0.717) is 11.1 Å². The maximum Gasteiger partial charge on any atom is 0.326 e. The smallest absolute Gasteiger partial charge is 0.326 e. The number of fused-ring (bicyclic) bond motifs is 1. The number of rotatable bonds is 21. The SMILES string of the molecule is O=C(O)CC[C@H](NC(=O)CNC(=O)[C@H](Cc1ccccc1)NC(=O)[C@H](Cc1ccccc1)NC(=O)Cc1cccc2ccccc12)C(=O)N[C@@H](Cc1ccc(O)cc1)C(=O)O. The number of amides is 5. The second kappa shape index (κ2) is 22.0. The fourth-order valence-electron chi connectivity index (χ4n) is 6.67. The lowest BCUT2D eigenvalue weighted by Crippen LogP contribution is -2.57. The number of carboxylic acids is 2. The van der Waals surface area contributed by atoms with Gasteiger partial charge in [-0.05, 0) is 51.6 Å². The molecule has 4 atom stereocenters. The van der Waals surface area contributed by atoms with Gasteiger partial charge >= 0.3 is 11.9 Å². The third-order valence-corrected chi connectivity index (χ3v) is 9.79. The van der Waals surface area contributed by atoms with Crippen molar-refractivity contribution in [2.45, 2.75) is 62.7 Å². The molecule has 0 unspecified atom stereocenters. The summed E-state index contributed by atoms with van der Waals surface area (Å²) in [5.41, 5.74) is 2.68. The Morgan fingerprint density at radius 2 is 1.00 bits per heavy atom. The van der Waals surface area contributed by atoms with Gasteiger partial charge in [0.15, 0.2) is 0 Å². The highest BCUT2D eigenvalue weighted by molar-refractivity contribution is 5.96. The van der Waals surface area contributed by atoms with Crippen LogP contribution in [0.1, 0.15) is 35.1 Å². The van der Waals surface area contributed by atoms with Gasteiger partial charge < -0.3 is 41.9 Å². The molecule has 0 aliphatic heterocycles. The Balaban J connectivity index is 1.27. The maximum absolute atomic E-state index is 14.1. The van der Waals surface area contributed by atoms with Crippen LogP contribution in [0.5, 0.6) is 5.75 Å². The molecule has 0 heterocycles. The maximum atomic E-state index is 14.1. The lowest BCUT2D eigenvalue weighted by Gasteiger charge is -2.24. The molecule has 0 saturated carbocycles. The number of carboxylic acid groups (broad SMARTS) is 2. The van der Waals surface area contributed by atoms with Gasteiger partial charge in [-0.2, -0.15) is 0 Å². The molecule has 5 rings (SSSR count). The van der Waals surface area contributed by atoms with Crippen LogP contribution in [0.25, 0.3) is 10.8 Å². The van der Waals surface area contributed by atoms with Gasteiger partial charge in [-0.15, -0.1) is 0 Å². The van der Waals surface area contributed by atoms with E-state index in [1.165, 1.54) is 24.3 Å². The van der Waals surface area contributed by atoms with Crippen LogP contribution in [0.4, 0.5) is 0 Å². The van der Waals surface area contributed by atoms with Crippen LogP contribution in [0.2, 0.25) is 0 Å². The molecule has 0 bridgehead atoms. The largest absolute Gasteiger partial charge is 0.508 e. The fourth-order valence-corrected chi connectivity index (χ4v) is 6.67. The topological polar surface area (TPSA) is 240 Å². The van der Waals surface area contributed by atoms with E-state index < -0.39 is 85.0 Å². The number of phenols is 1. The van der Waals surface area contributed by atoms with Crippen molar-refractivity contribution in [1.29, 1.82) is 0 Å². The highest BCUT2D eigenvalue weighted by Gasteiger charge is 2.30. The number of aliphatic carboxylic acids is 2. The van der Waals surface area contributed by atoms with E-state index in [4.69, 9.17) is 0 Å². The number of hydrogen-bond donors (Lipinski definition) is 8. The summed E-state index contributed by atoms with van der Waals surface area (Å²) in [4.78, 5) is 91.3. The highest BCUT2D eigenvalue weighted by Crippen LogP contribution is 2.19.